The molecule has 0 aliphatic heterocycles. The summed E-state index contributed by atoms with van der Waals surface area (Å²) in [7, 11) is 0. The van der Waals surface area contributed by atoms with Crippen molar-refractivity contribution in [1.82, 2.24) is 15.4 Å². The van der Waals surface area contributed by atoms with Crippen molar-refractivity contribution in [2.75, 3.05) is 0 Å². The zero-order valence-electron chi connectivity index (χ0n) is 8.87. The van der Waals surface area contributed by atoms with E-state index in [1.807, 2.05) is 6.08 Å². The molecule has 0 spiro atoms. The third-order valence-electron chi connectivity index (χ3n) is 2.20. The maximum absolute atomic E-state index is 3.94. The molecule has 0 atom stereocenters. The number of rotatable bonds is 7. The Balaban J connectivity index is 1.98. The van der Waals surface area contributed by atoms with Crippen molar-refractivity contribution in [3.63, 3.8) is 0 Å². The lowest BCUT2D eigenvalue weighted by Crippen LogP contribution is -1.76. The minimum atomic E-state index is 0.915. The van der Waals surface area contributed by atoms with Crippen LogP contribution in [-0.2, 0) is 0 Å². The fourth-order valence-electron chi connectivity index (χ4n) is 1.36. The number of allylic oxidation sites excluding steroid dienone is 1. The Labute approximate surface area is 85.6 Å². The van der Waals surface area contributed by atoms with Crippen molar-refractivity contribution < 1.29 is 0 Å². The van der Waals surface area contributed by atoms with Gasteiger partial charge in [0, 0.05) is 0 Å². The van der Waals surface area contributed by atoms with Gasteiger partial charge in [-0.15, -0.1) is 0 Å². The highest BCUT2D eigenvalue weighted by molar-refractivity contribution is 5.41. The van der Waals surface area contributed by atoms with Gasteiger partial charge in [0.2, 0.25) is 0 Å². The molecule has 1 aromatic heterocycles. The van der Waals surface area contributed by atoms with Gasteiger partial charge in [0.25, 0.3) is 0 Å². The molecule has 1 rings (SSSR count). The lowest BCUT2D eigenvalue weighted by Gasteiger charge is -1.95. The molecule has 1 heterocycles. The first kappa shape index (κ1) is 11.0. The normalized spacial score (nSPS) is 11.2. The molecular formula is C11H19N3. The highest BCUT2D eigenvalue weighted by Crippen LogP contribution is 2.06. The zero-order chi connectivity index (χ0) is 10.1. The number of unbranched alkanes of at least 4 members (excludes halogenated alkanes) is 5. The monoisotopic (exact) mass is 193 g/mol. The number of hydrogen-bond donors (Lipinski definition) is 1. The van der Waals surface area contributed by atoms with Gasteiger partial charge in [-0.25, -0.2) is 0 Å². The molecule has 0 bridgehead atoms. The maximum atomic E-state index is 3.94. The third-order valence-corrected chi connectivity index (χ3v) is 2.20. The van der Waals surface area contributed by atoms with Crippen LogP contribution in [0.2, 0.25) is 0 Å². The van der Waals surface area contributed by atoms with E-state index >= 15 is 0 Å². The van der Waals surface area contributed by atoms with E-state index in [9.17, 15) is 0 Å². The molecule has 0 aromatic carbocycles. The SMILES string of the molecule is CCCCCCCC=Cc1cn[nH]n1. The molecule has 3 heteroatoms. The molecule has 78 valence electrons. The summed E-state index contributed by atoms with van der Waals surface area (Å²) < 4.78 is 0. The van der Waals surface area contributed by atoms with Gasteiger partial charge >= 0.3 is 0 Å². The number of H-pyrrole nitrogens is 1. The van der Waals surface area contributed by atoms with Gasteiger partial charge in [0.1, 0.15) is 5.69 Å². The maximum Gasteiger partial charge on any atom is 0.105 e. The second-order valence-electron chi connectivity index (χ2n) is 3.50. The molecule has 0 radical (unpaired) electrons. The van der Waals surface area contributed by atoms with E-state index in [-0.39, 0.29) is 0 Å². The zero-order valence-corrected chi connectivity index (χ0v) is 8.87. The molecule has 0 fully saturated rings. The Morgan fingerprint density at radius 2 is 2.14 bits per heavy atom. The highest BCUT2D eigenvalue weighted by atomic mass is 15.3. The van der Waals surface area contributed by atoms with Crippen LogP contribution >= 0.6 is 0 Å². The van der Waals surface area contributed by atoms with Crippen LogP contribution in [0.25, 0.3) is 6.08 Å². The van der Waals surface area contributed by atoms with Crippen LogP contribution in [0.15, 0.2) is 12.3 Å². The molecule has 1 N–H and O–H groups in total. The minimum absolute atomic E-state index is 0.915. The van der Waals surface area contributed by atoms with Gasteiger partial charge in [-0.1, -0.05) is 38.7 Å². The molecule has 0 aliphatic rings. The predicted octanol–water partition coefficient (Wildman–Crippen LogP) is 3.18. The summed E-state index contributed by atoms with van der Waals surface area (Å²) in [5.41, 5.74) is 0.915. The summed E-state index contributed by atoms with van der Waals surface area (Å²) in [6.45, 7) is 2.24. The fourth-order valence-corrected chi connectivity index (χ4v) is 1.36. The Hall–Kier alpha value is -1.12. The summed E-state index contributed by atoms with van der Waals surface area (Å²) in [6, 6.07) is 0. The van der Waals surface area contributed by atoms with Crippen molar-refractivity contribution in [3.05, 3.63) is 18.0 Å². The average molecular weight is 193 g/mol. The highest BCUT2D eigenvalue weighted by Gasteiger charge is 1.88. The molecule has 0 aliphatic carbocycles. The fraction of sp³-hybridized carbons (Fsp3) is 0.636. The molecule has 3 nitrogen and oxygen atoms in total. The summed E-state index contributed by atoms with van der Waals surface area (Å²) >= 11 is 0. The number of nitrogens with one attached hydrogen (secondary N) is 1. The Morgan fingerprint density at radius 3 is 2.86 bits per heavy atom. The van der Waals surface area contributed by atoms with Crippen molar-refractivity contribution in [3.8, 4) is 0 Å². The number of nitrogens with zero attached hydrogens (tertiary/aromatic N) is 2. The first-order valence-corrected chi connectivity index (χ1v) is 5.46. The van der Waals surface area contributed by atoms with E-state index in [2.05, 4.69) is 28.4 Å². The molecular weight excluding hydrogens is 174 g/mol. The predicted molar refractivity (Wildman–Crippen MR) is 58.8 cm³/mol. The lowest BCUT2D eigenvalue weighted by molar-refractivity contribution is 0.638. The van der Waals surface area contributed by atoms with Crippen LogP contribution in [0.3, 0.4) is 0 Å². The van der Waals surface area contributed by atoms with Crippen LogP contribution in [-0.4, -0.2) is 15.4 Å². The van der Waals surface area contributed by atoms with E-state index in [1.165, 1.54) is 32.1 Å². The van der Waals surface area contributed by atoms with Gasteiger partial charge < -0.3 is 0 Å². The quantitative estimate of drug-likeness (QED) is 0.676. The lowest BCUT2D eigenvalue weighted by atomic mass is 10.1. The largest absolute Gasteiger partial charge is 0.197 e. The van der Waals surface area contributed by atoms with E-state index < -0.39 is 0 Å². The second kappa shape index (κ2) is 7.30. The van der Waals surface area contributed by atoms with E-state index in [4.69, 9.17) is 0 Å². The summed E-state index contributed by atoms with van der Waals surface area (Å²) in [6.07, 6.45) is 13.7. The summed E-state index contributed by atoms with van der Waals surface area (Å²) in [5.74, 6) is 0. The summed E-state index contributed by atoms with van der Waals surface area (Å²) in [5, 5.41) is 10.3. The molecule has 0 amide bonds. The van der Waals surface area contributed by atoms with Crippen LogP contribution < -0.4 is 0 Å². The van der Waals surface area contributed by atoms with Gasteiger partial charge in [0.15, 0.2) is 0 Å². The number of hydrogen-bond acceptors (Lipinski definition) is 2. The summed E-state index contributed by atoms with van der Waals surface area (Å²) in [4.78, 5) is 0. The Bertz CT molecular complexity index is 239. The minimum Gasteiger partial charge on any atom is -0.197 e. The Kier molecular flexibility index (Phi) is 5.71. The third kappa shape index (κ3) is 4.80. The average Bonchev–Trinajstić information content (AvgIpc) is 2.69. The van der Waals surface area contributed by atoms with Gasteiger partial charge in [-0.05, 0) is 18.9 Å². The molecule has 0 saturated heterocycles. The van der Waals surface area contributed by atoms with Crippen LogP contribution in [0.4, 0.5) is 0 Å². The molecule has 0 unspecified atom stereocenters. The van der Waals surface area contributed by atoms with E-state index in [0.717, 1.165) is 12.1 Å². The van der Waals surface area contributed by atoms with Crippen molar-refractivity contribution in [2.45, 2.75) is 45.4 Å². The van der Waals surface area contributed by atoms with E-state index in [0.29, 0.717) is 0 Å². The second-order valence-corrected chi connectivity index (χ2v) is 3.50. The van der Waals surface area contributed by atoms with Crippen molar-refractivity contribution in [1.29, 1.82) is 0 Å². The Morgan fingerprint density at radius 1 is 1.29 bits per heavy atom. The first-order chi connectivity index (χ1) is 6.93. The van der Waals surface area contributed by atoms with E-state index in [1.54, 1.807) is 6.20 Å². The smallest absolute Gasteiger partial charge is 0.105 e. The first-order valence-electron chi connectivity index (χ1n) is 5.46. The van der Waals surface area contributed by atoms with Crippen LogP contribution in [0.5, 0.6) is 0 Å². The van der Waals surface area contributed by atoms with Crippen LogP contribution in [0.1, 0.15) is 51.1 Å². The van der Waals surface area contributed by atoms with Gasteiger partial charge in [-0.3, -0.25) is 0 Å². The number of aromatic amines is 1. The standard InChI is InChI=1S/C11H19N3/c1-2-3-4-5-6-7-8-9-11-10-12-14-13-11/h8-10H,2-7H2,1H3,(H,12,13,14). The topological polar surface area (TPSA) is 41.6 Å². The number of aromatic nitrogens is 3. The van der Waals surface area contributed by atoms with Gasteiger partial charge in [-0.2, -0.15) is 15.4 Å². The van der Waals surface area contributed by atoms with Crippen molar-refractivity contribution in [2.24, 2.45) is 0 Å². The van der Waals surface area contributed by atoms with Crippen LogP contribution in [0, 0.1) is 0 Å². The molecule has 0 saturated carbocycles. The molecule has 14 heavy (non-hydrogen) atoms. The molecule has 1 aromatic rings. The van der Waals surface area contributed by atoms with Crippen molar-refractivity contribution >= 4 is 6.08 Å². The van der Waals surface area contributed by atoms with Gasteiger partial charge in [0.05, 0.1) is 6.20 Å².